The third-order valence-corrected chi connectivity index (χ3v) is 4.92. The fourth-order valence-corrected chi connectivity index (χ4v) is 3.58. The lowest BCUT2D eigenvalue weighted by atomic mass is 10.1. The van der Waals surface area contributed by atoms with E-state index in [1.807, 2.05) is 24.3 Å². The molecule has 1 aliphatic carbocycles. The summed E-state index contributed by atoms with van der Waals surface area (Å²) >= 11 is 0. The van der Waals surface area contributed by atoms with Crippen LogP contribution in [0.1, 0.15) is 29.8 Å². The molecule has 4 nitrogen and oxygen atoms in total. The second-order valence-corrected chi connectivity index (χ2v) is 6.40. The highest BCUT2D eigenvalue weighted by Crippen LogP contribution is 2.27. The predicted molar refractivity (Wildman–Crippen MR) is 91.5 cm³/mol. The molecule has 4 heteroatoms. The average Bonchev–Trinajstić information content (AvgIpc) is 3.18. The number of rotatable bonds is 3. The Kier molecular flexibility index (Phi) is 3.54. The van der Waals surface area contributed by atoms with Crippen molar-refractivity contribution < 1.29 is 9.90 Å². The maximum Gasteiger partial charge on any atom is 0.267 e. The van der Waals surface area contributed by atoms with E-state index in [2.05, 4.69) is 28.5 Å². The van der Waals surface area contributed by atoms with E-state index in [4.69, 9.17) is 0 Å². The van der Waals surface area contributed by atoms with Crippen molar-refractivity contribution in [3.8, 4) is 0 Å². The van der Waals surface area contributed by atoms with Crippen molar-refractivity contribution in [2.75, 3.05) is 6.54 Å². The van der Waals surface area contributed by atoms with Crippen LogP contribution in [0.4, 0.5) is 0 Å². The molecule has 1 aliphatic rings. The maximum absolute atomic E-state index is 12.4. The fraction of sp³-hybridized carbons (Fsp3) is 0.316. The van der Waals surface area contributed by atoms with E-state index in [0.717, 1.165) is 35.6 Å². The van der Waals surface area contributed by atoms with E-state index in [1.165, 1.54) is 5.39 Å². The SMILES string of the molecule is O=C(NCC1CCCC1O)c1cc2c(ccc3ccccc32)[nH]1. The van der Waals surface area contributed by atoms with E-state index in [1.54, 1.807) is 0 Å². The average molecular weight is 308 g/mol. The summed E-state index contributed by atoms with van der Waals surface area (Å²) in [5.74, 6) is 0.0774. The zero-order valence-corrected chi connectivity index (χ0v) is 12.9. The van der Waals surface area contributed by atoms with E-state index in [9.17, 15) is 9.90 Å². The number of hydrogen-bond donors (Lipinski definition) is 3. The van der Waals surface area contributed by atoms with Crippen molar-refractivity contribution in [3.05, 3.63) is 48.2 Å². The van der Waals surface area contributed by atoms with Crippen molar-refractivity contribution >= 4 is 27.6 Å². The topological polar surface area (TPSA) is 65.1 Å². The molecule has 0 saturated heterocycles. The molecule has 1 amide bonds. The van der Waals surface area contributed by atoms with Gasteiger partial charge in [0.15, 0.2) is 0 Å². The van der Waals surface area contributed by atoms with Crippen LogP contribution in [0, 0.1) is 5.92 Å². The van der Waals surface area contributed by atoms with Crippen LogP contribution < -0.4 is 5.32 Å². The van der Waals surface area contributed by atoms with Gasteiger partial charge in [0.05, 0.1) is 6.10 Å². The van der Waals surface area contributed by atoms with Gasteiger partial charge in [-0.2, -0.15) is 0 Å². The number of benzene rings is 2. The van der Waals surface area contributed by atoms with Gasteiger partial charge in [0, 0.05) is 23.4 Å². The second-order valence-electron chi connectivity index (χ2n) is 6.40. The highest BCUT2D eigenvalue weighted by Gasteiger charge is 2.25. The van der Waals surface area contributed by atoms with Gasteiger partial charge in [0.1, 0.15) is 5.69 Å². The highest BCUT2D eigenvalue weighted by atomic mass is 16.3. The molecular weight excluding hydrogens is 288 g/mol. The number of hydrogen-bond acceptors (Lipinski definition) is 2. The Morgan fingerprint density at radius 1 is 1.17 bits per heavy atom. The molecule has 1 fully saturated rings. The summed E-state index contributed by atoms with van der Waals surface area (Å²) in [4.78, 5) is 15.6. The molecule has 3 aromatic rings. The van der Waals surface area contributed by atoms with Gasteiger partial charge in [-0.1, -0.05) is 36.8 Å². The Morgan fingerprint density at radius 3 is 2.87 bits per heavy atom. The molecule has 23 heavy (non-hydrogen) atoms. The van der Waals surface area contributed by atoms with Crippen LogP contribution in [0.2, 0.25) is 0 Å². The lowest BCUT2D eigenvalue weighted by molar-refractivity contribution is 0.0913. The van der Waals surface area contributed by atoms with Gasteiger partial charge in [0.25, 0.3) is 5.91 Å². The Balaban J connectivity index is 1.58. The van der Waals surface area contributed by atoms with Gasteiger partial charge in [-0.05, 0) is 35.7 Å². The number of aromatic nitrogens is 1. The highest BCUT2D eigenvalue weighted by molar-refractivity contribution is 6.09. The number of carbonyl (C=O) groups is 1. The van der Waals surface area contributed by atoms with Gasteiger partial charge in [-0.3, -0.25) is 4.79 Å². The van der Waals surface area contributed by atoms with E-state index >= 15 is 0 Å². The molecule has 2 atom stereocenters. The van der Waals surface area contributed by atoms with Crippen LogP contribution in [0.15, 0.2) is 42.5 Å². The van der Waals surface area contributed by atoms with Crippen LogP contribution in [0.3, 0.4) is 0 Å². The molecule has 1 aromatic heterocycles. The van der Waals surface area contributed by atoms with Gasteiger partial charge in [-0.25, -0.2) is 0 Å². The number of amides is 1. The molecule has 1 saturated carbocycles. The Hall–Kier alpha value is -2.33. The normalized spacial score (nSPS) is 21.1. The minimum absolute atomic E-state index is 0.107. The molecule has 1 heterocycles. The van der Waals surface area contributed by atoms with Crippen molar-refractivity contribution in [2.45, 2.75) is 25.4 Å². The Bertz CT molecular complexity index is 868. The molecule has 0 radical (unpaired) electrons. The van der Waals surface area contributed by atoms with Crippen LogP contribution in [-0.4, -0.2) is 28.6 Å². The monoisotopic (exact) mass is 308 g/mol. The quantitative estimate of drug-likeness (QED) is 0.695. The zero-order valence-electron chi connectivity index (χ0n) is 12.9. The number of aliphatic hydroxyl groups is 1. The second kappa shape index (κ2) is 5.70. The molecule has 0 aliphatic heterocycles. The third-order valence-electron chi connectivity index (χ3n) is 4.92. The summed E-state index contributed by atoms with van der Waals surface area (Å²) < 4.78 is 0. The minimum atomic E-state index is -0.276. The van der Waals surface area contributed by atoms with Crippen molar-refractivity contribution in [1.29, 1.82) is 0 Å². The molecular formula is C19H20N2O2. The van der Waals surface area contributed by atoms with Crippen molar-refractivity contribution in [3.63, 3.8) is 0 Å². The first-order valence-electron chi connectivity index (χ1n) is 8.19. The number of fused-ring (bicyclic) bond motifs is 3. The number of aromatic amines is 1. The van der Waals surface area contributed by atoms with E-state index < -0.39 is 0 Å². The van der Waals surface area contributed by atoms with Crippen LogP contribution in [0.5, 0.6) is 0 Å². The summed E-state index contributed by atoms with van der Waals surface area (Å²) in [6.07, 6.45) is 2.60. The van der Waals surface area contributed by atoms with E-state index in [0.29, 0.717) is 12.2 Å². The molecule has 4 rings (SSSR count). The minimum Gasteiger partial charge on any atom is -0.393 e. The standard InChI is InChI=1S/C19H20N2O2/c22-18-7-3-5-13(18)11-20-19(23)17-10-15-14-6-2-1-4-12(14)8-9-16(15)21-17/h1-2,4,6,8-10,13,18,21-22H,3,5,7,11H2,(H,20,23). The molecule has 3 N–H and O–H groups in total. The van der Waals surface area contributed by atoms with Gasteiger partial charge >= 0.3 is 0 Å². The number of nitrogens with one attached hydrogen (secondary N) is 2. The fourth-order valence-electron chi connectivity index (χ4n) is 3.58. The summed E-state index contributed by atoms with van der Waals surface area (Å²) in [7, 11) is 0. The summed E-state index contributed by atoms with van der Waals surface area (Å²) in [5, 5.41) is 16.2. The lowest BCUT2D eigenvalue weighted by Gasteiger charge is -2.14. The van der Waals surface area contributed by atoms with Gasteiger partial charge in [0.2, 0.25) is 0 Å². The summed E-state index contributed by atoms with van der Waals surface area (Å²) in [5.41, 5.74) is 1.54. The smallest absolute Gasteiger partial charge is 0.267 e. The summed E-state index contributed by atoms with van der Waals surface area (Å²) in [6, 6.07) is 14.2. The molecule has 2 unspecified atom stereocenters. The Labute approximate surface area is 134 Å². The Morgan fingerprint density at radius 2 is 2.04 bits per heavy atom. The molecule has 2 aromatic carbocycles. The predicted octanol–water partition coefficient (Wildman–Crippen LogP) is 3.21. The lowest BCUT2D eigenvalue weighted by Crippen LogP contribution is -2.32. The third kappa shape index (κ3) is 2.59. The summed E-state index contributed by atoms with van der Waals surface area (Å²) in [6.45, 7) is 0.538. The first kappa shape index (κ1) is 14.3. The van der Waals surface area contributed by atoms with Gasteiger partial charge in [-0.15, -0.1) is 0 Å². The van der Waals surface area contributed by atoms with Gasteiger partial charge < -0.3 is 15.4 Å². The zero-order chi connectivity index (χ0) is 15.8. The number of aliphatic hydroxyl groups excluding tert-OH is 1. The van der Waals surface area contributed by atoms with Crippen LogP contribution in [0.25, 0.3) is 21.7 Å². The molecule has 0 spiro atoms. The number of carbonyl (C=O) groups excluding carboxylic acids is 1. The van der Waals surface area contributed by atoms with Crippen LogP contribution >= 0.6 is 0 Å². The van der Waals surface area contributed by atoms with Crippen molar-refractivity contribution in [2.24, 2.45) is 5.92 Å². The number of H-pyrrole nitrogens is 1. The molecule has 0 bridgehead atoms. The molecule has 118 valence electrons. The van der Waals surface area contributed by atoms with E-state index in [-0.39, 0.29) is 17.9 Å². The first-order valence-corrected chi connectivity index (χ1v) is 8.19. The maximum atomic E-state index is 12.4. The van der Waals surface area contributed by atoms with Crippen molar-refractivity contribution in [1.82, 2.24) is 10.3 Å². The largest absolute Gasteiger partial charge is 0.393 e. The first-order chi connectivity index (χ1) is 11.2. The van der Waals surface area contributed by atoms with Crippen LogP contribution in [-0.2, 0) is 0 Å².